The molecule has 10 heavy (non-hydrogen) atoms. The van der Waals surface area contributed by atoms with Crippen LogP contribution in [-0.2, 0) is 4.79 Å². The molecule has 0 aliphatic rings. The molecular weight excluding hydrogens is 134 g/mol. The lowest BCUT2D eigenvalue weighted by atomic mass is 10.6. The van der Waals surface area contributed by atoms with Crippen LogP contribution in [0, 0.1) is 0 Å². The number of hydrazine groups is 1. The van der Waals surface area contributed by atoms with E-state index in [0.717, 1.165) is 6.08 Å². The van der Waals surface area contributed by atoms with Gasteiger partial charge in [0.1, 0.15) is 0 Å². The Morgan fingerprint density at radius 3 is 1.80 bits per heavy atom. The van der Waals surface area contributed by atoms with E-state index in [1.165, 1.54) is 0 Å². The second-order valence-electron chi connectivity index (χ2n) is 0.923. The van der Waals surface area contributed by atoms with Gasteiger partial charge in [-0.15, -0.1) is 0 Å². The van der Waals surface area contributed by atoms with E-state index in [1.54, 1.807) is 6.92 Å². The molecule has 0 rings (SSSR count). The Labute approximate surface area is 60.5 Å². The van der Waals surface area contributed by atoms with Crippen LogP contribution in [0.4, 0.5) is 0 Å². The number of hydrogen-bond donors (Lipinski definition) is 4. The first-order chi connectivity index (χ1) is 4.68. The van der Waals surface area contributed by atoms with E-state index in [1.807, 2.05) is 0 Å². The Morgan fingerprint density at radius 2 is 1.80 bits per heavy atom. The van der Waals surface area contributed by atoms with Gasteiger partial charge in [0.25, 0.3) is 0 Å². The summed E-state index contributed by atoms with van der Waals surface area (Å²) in [6.07, 6.45) is 1.06. The minimum absolute atomic E-state index is 0.250. The van der Waals surface area contributed by atoms with Gasteiger partial charge in [0.05, 0.1) is 0 Å². The summed E-state index contributed by atoms with van der Waals surface area (Å²) in [6.45, 7) is 5.02. The van der Waals surface area contributed by atoms with Gasteiger partial charge in [-0.2, -0.15) is 0 Å². The number of primary amides is 1. The average molecular weight is 149 g/mol. The third kappa shape index (κ3) is 221. The molecule has 5 nitrogen and oxygen atoms in total. The summed E-state index contributed by atoms with van der Waals surface area (Å²) in [5.41, 5.74) is 4.53. The molecule has 5 heteroatoms. The van der Waals surface area contributed by atoms with Crippen molar-refractivity contribution in [2.24, 2.45) is 17.4 Å². The first-order valence-corrected chi connectivity index (χ1v) is 2.55. The van der Waals surface area contributed by atoms with Gasteiger partial charge >= 0.3 is 0 Å². The van der Waals surface area contributed by atoms with E-state index in [4.69, 9.17) is 5.11 Å². The molecule has 0 spiro atoms. The molecule has 1 amide bonds. The molecule has 0 heterocycles. The standard InChI is InChI=1S/C3H5NO.C2H6O.H4N2/c1-2-3(4)5;1-2-3;1-2/h2H,1H2,(H2,4,5);3H,2H2,1H3;1-2H2. The summed E-state index contributed by atoms with van der Waals surface area (Å²) in [4.78, 5) is 9.47. The number of nitrogens with two attached hydrogens (primary N) is 3. The zero-order valence-corrected chi connectivity index (χ0v) is 6.08. The van der Waals surface area contributed by atoms with Crippen molar-refractivity contribution >= 4 is 5.91 Å². The summed E-state index contributed by atoms with van der Waals surface area (Å²) in [5.74, 6) is 7.52. The summed E-state index contributed by atoms with van der Waals surface area (Å²) < 4.78 is 0. The van der Waals surface area contributed by atoms with Crippen LogP contribution >= 0.6 is 0 Å². The minimum atomic E-state index is -0.481. The maximum Gasteiger partial charge on any atom is 0.240 e. The largest absolute Gasteiger partial charge is 0.397 e. The van der Waals surface area contributed by atoms with Gasteiger partial charge in [-0.05, 0) is 13.0 Å². The maximum atomic E-state index is 9.47. The normalized spacial score (nSPS) is 5.60. The van der Waals surface area contributed by atoms with Crippen LogP contribution in [0.5, 0.6) is 0 Å². The van der Waals surface area contributed by atoms with E-state index in [2.05, 4.69) is 24.0 Å². The molecule has 0 unspecified atom stereocenters. The molecule has 0 atom stereocenters. The molecule has 0 aliphatic heterocycles. The lowest BCUT2D eigenvalue weighted by Gasteiger charge is -1.65. The summed E-state index contributed by atoms with van der Waals surface area (Å²) in [5, 5.41) is 7.57. The van der Waals surface area contributed by atoms with Crippen molar-refractivity contribution in [3.8, 4) is 0 Å². The molecule has 0 aromatic carbocycles. The fourth-order valence-electron chi connectivity index (χ4n) is 0. The van der Waals surface area contributed by atoms with E-state index < -0.39 is 5.91 Å². The number of aliphatic hydroxyl groups is 1. The smallest absolute Gasteiger partial charge is 0.240 e. The maximum absolute atomic E-state index is 9.47. The van der Waals surface area contributed by atoms with Crippen LogP contribution in [0.1, 0.15) is 6.92 Å². The molecule has 7 N–H and O–H groups in total. The van der Waals surface area contributed by atoms with Crippen LogP contribution in [0.15, 0.2) is 12.7 Å². The molecule has 0 aromatic heterocycles. The monoisotopic (exact) mass is 149 g/mol. The molecule has 0 fully saturated rings. The van der Waals surface area contributed by atoms with E-state index >= 15 is 0 Å². The van der Waals surface area contributed by atoms with Crippen molar-refractivity contribution < 1.29 is 9.90 Å². The third-order valence-corrected chi connectivity index (χ3v) is 0.201. The van der Waals surface area contributed by atoms with E-state index in [0.29, 0.717) is 0 Å². The first-order valence-electron chi connectivity index (χ1n) is 2.55. The topological polar surface area (TPSA) is 115 Å². The highest BCUT2D eigenvalue weighted by Gasteiger charge is 1.69. The van der Waals surface area contributed by atoms with Crippen LogP contribution in [0.3, 0.4) is 0 Å². The van der Waals surface area contributed by atoms with Crippen molar-refractivity contribution in [1.82, 2.24) is 0 Å². The lowest BCUT2D eigenvalue weighted by Crippen LogP contribution is -2.04. The Morgan fingerprint density at radius 1 is 1.70 bits per heavy atom. The fraction of sp³-hybridized carbons (Fsp3) is 0.400. The van der Waals surface area contributed by atoms with Crippen LogP contribution in [-0.4, -0.2) is 17.6 Å². The van der Waals surface area contributed by atoms with Gasteiger partial charge in [0, 0.05) is 6.61 Å². The highest BCUT2D eigenvalue weighted by atomic mass is 16.2. The van der Waals surface area contributed by atoms with Gasteiger partial charge in [-0.25, -0.2) is 0 Å². The number of rotatable bonds is 1. The SMILES string of the molecule is C=CC(N)=O.CCO.NN. The first kappa shape index (κ1) is 16.0. The number of carbonyl (C=O) groups is 1. The van der Waals surface area contributed by atoms with Gasteiger partial charge in [0.15, 0.2) is 0 Å². The average Bonchev–Trinajstić information content (AvgIpc) is 1.94. The zero-order chi connectivity index (χ0) is 8.99. The number of aliphatic hydroxyl groups excluding tert-OH is 1. The molecule has 0 aromatic rings. The van der Waals surface area contributed by atoms with Crippen LogP contribution in [0.2, 0.25) is 0 Å². The summed E-state index contributed by atoms with van der Waals surface area (Å²) in [7, 11) is 0. The van der Waals surface area contributed by atoms with Crippen molar-refractivity contribution in [2.45, 2.75) is 6.92 Å². The summed E-state index contributed by atoms with van der Waals surface area (Å²) >= 11 is 0. The minimum Gasteiger partial charge on any atom is -0.397 e. The Hall–Kier alpha value is -0.910. The highest BCUT2D eigenvalue weighted by molar-refractivity contribution is 5.84. The van der Waals surface area contributed by atoms with Crippen LogP contribution < -0.4 is 17.4 Å². The molecule has 0 saturated carbocycles. The van der Waals surface area contributed by atoms with Crippen LogP contribution in [0.25, 0.3) is 0 Å². The number of hydrogen-bond acceptors (Lipinski definition) is 4. The Bertz CT molecular complexity index is 75.3. The Balaban J connectivity index is -0.0000000847. The highest BCUT2D eigenvalue weighted by Crippen LogP contribution is 1.48. The second kappa shape index (κ2) is 24.3. The van der Waals surface area contributed by atoms with Crippen molar-refractivity contribution in [3.05, 3.63) is 12.7 Å². The molecule has 0 bridgehead atoms. The lowest BCUT2D eigenvalue weighted by molar-refractivity contribution is -0.113. The van der Waals surface area contributed by atoms with Gasteiger partial charge in [0.2, 0.25) is 5.91 Å². The Kier molecular flexibility index (Phi) is 39.0. The zero-order valence-electron chi connectivity index (χ0n) is 6.08. The second-order valence-corrected chi connectivity index (χ2v) is 0.923. The molecule has 0 aliphatic carbocycles. The van der Waals surface area contributed by atoms with E-state index in [9.17, 15) is 4.79 Å². The number of carbonyl (C=O) groups excluding carboxylic acids is 1. The predicted octanol–water partition coefficient (Wildman–Crippen LogP) is -1.52. The number of amides is 1. The molecule has 0 saturated heterocycles. The van der Waals surface area contributed by atoms with Crippen molar-refractivity contribution in [2.75, 3.05) is 6.61 Å². The van der Waals surface area contributed by atoms with Gasteiger partial charge in [-0.3, -0.25) is 16.5 Å². The van der Waals surface area contributed by atoms with Gasteiger partial charge < -0.3 is 10.8 Å². The molecule has 62 valence electrons. The van der Waals surface area contributed by atoms with Gasteiger partial charge in [-0.1, -0.05) is 6.58 Å². The summed E-state index contributed by atoms with van der Waals surface area (Å²) in [6, 6.07) is 0. The molecule has 0 radical (unpaired) electrons. The van der Waals surface area contributed by atoms with E-state index in [-0.39, 0.29) is 6.61 Å². The fourth-order valence-corrected chi connectivity index (χ4v) is 0. The van der Waals surface area contributed by atoms with Crippen molar-refractivity contribution in [3.63, 3.8) is 0 Å². The van der Waals surface area contributed by atoms with Crippen molar-refractivity contribution in [1.29, 1.82) is 0 Å². The predicted molar refractivity (Wildman–Crippen MR) is 40.5 cm³/mol. The molecular formula is C5H15N3O2. The quantitative estimate of drug-likeness (QED) is 0.206. The third-order valence-electron chi connectivity index (χ3n) is 0.201.